The summed E-state index contributed by atoms with van der Waals surface area (Å²) in [5.41, 5.74) is 8.28. The van der Waals surface area contributed by atoms with E-state index in [1.165, 1.54) is 11.3 Å². The van der Waals surface area contributed by atoms with E-state index in [0.717, 1.165) is 65.3 Å². The first-order valence-electron chi connectivity index (χ1n) is 11.1. The average molecular weight is 425 g/mol. The second kappa shape index (κ2) is 8.15. The summed E-state index contributed by atoms with van der Waals surface area (Å²) >= 11 is 0. The van der Waals surface area contributed by atoms with E-state index in [1.807, 2.05) is 38.2 Å². The molecule has 0 aliphatic carbocycles. The van der Waals surface area contributed by atoms with Crippen LogP contribution in [0.5, 0.6) is 5.75 Å². The van der Waals surface area contributed by atoms with Crippen molar-refractivity contribution in [3.63, 3.8) is 0 Å². The smallest absolute Gasteiger partial charge is 0.147 e. The van der Waals surface area contributed by atoms with E-state index in [0.29, 0.717) is 5.75 Å². The van der Waals surface area contributed by atoms with Crippen LogP contribution in [0.15, 0.2) is 60.8 Å². The Balaban J connectivity index is 1.38. The van der Waals surface area contributed by atoms with Gasteiger partial charge in [0.05, 0.1) is 17.2 Å². The highest BCUT2D eigenvalue weighted by Crippen LogP contribution is 2.31. The van der Waals surface area contributed by atoms with Gasteiger partial charge in [0.15, 0.2) is 0 Å². The van der Waals surface area contributed by atoms with Crippen LogP contribution in [-0.2, 0) is 0 Å². The first kappa shape index (κ1) is 20.3. The number of aromatic nitrogens is 2. The highest BCUT2D eigenvalue weighted by atomic mass is 16.3. The van der Waals surface area contributed by atoms with E-state index in [-0.39, 0.29) is 0 Å². The summed E-state index contributed by atoms with van der Waals surface area (Å²) in [6, 6.07) is 19.0. The van der Waals surface area contributed by atoms with Gasteiger partial charge in [-0.2, -0.15) is 0 Å². The van der Waals surface area contributed by atoms with Gasteiger partial charge >= 0.3 is 0 Å². The van der Waals surface area contributed by atoms with Gasteiger partial charge in [-0.1, -0.05) is 23.8 Å². The van der Waals surface area contributed by atoms with Crippen molar-refractivity contribution in [1.29, 1.82) is 0 Å². The Kier molecular flexibility index (Phi) is 5.17. The SMILES string of the molecule is Cc1ccc(N2CCN(c3cnc4ccc(-c5cc(C)c(O)c(C)c5)cc4n3)CC2)cc1. The fourth-order valence-corrected chi connectivity index (χ4v) is 4.41. The van der Waals surface area contributed by atoms with Crippen LogP contribution in [0.3, 0.4) is 0 Å². The number of phenolic OH excluding ortho intramolecular Hbond substituents is 1. The Morgan fingerprint density at radius 1 is 0.719 bits per heavy atom. The third-order valence-corrected chi connectivity index (χ3v) is 6.36. The van der Waals surface area contributed by atoms with Gasteiger partial charge in [-0.25, -0.2) is 4.98 Å². The minimum absolute atomic E-state index is 0.362. The number of benzene rings is 3. The number of rotatable bonds is 3. The van der Waals surface area contributed by atoms with Crippen molar-refractivity contribution < 1.29 is 5.11 Å². The molecule has 2 heterocycles. The maximum Gasteiger partial charge on any atom is 0.147 e. The Hall–Kier alpha value is -3.60. The highest BCUT2D eigenvalue weighted by Gasteiger charge is 2.19. The van der Waals surface area contributed by atoms with Crippen molar-refractivity contribution in [1.82, 2.24) is 9.97 Å². The molecule has 1 fully saturated rings. The first-order chi connectivity index (χ1) is 15.5. The molecule has 0 amide bonds. The van der Waals surface area contributed by atoms with Gasteiger partial charge in [0.25, 0.3) is 0 Å². The second-order valence-corrected chi connectivity index (χ2v) is 8.70. The fraction of sp³-hybridized carbons (Fsp3) is 0.259. The topological polar surface area (TPSA) is 52.5 Å². The molecule has 3 aromatic carbocycles. The van der Waals surface area contributed by atoms with Gasteiger partial charge in [0.2, 0.25) is 0 Å². The lowest BCUT2D eigenvalue weighted by molar-refractivity contribution is 0.467. The van der Waals surface area contributed by atoms with E-state index in [9.17, 15) is 5.11 Å². The molecule has 1 N–H and O–H groups in total. The van der Waals surface area contributed by atoms with Gasteiger partial charge in [-0.15, -0.1) is 0 Å². The number of anilines is 2. The molecule has 4 aromatic rings. The number of fused-ring (bicyclic) bond motifs is 1. The second-order valence-electron chi connectivity index (χ2n) is 8.70. The molecule has 5 nitrogen and oxygen atoms in total. The molecule has 0 radical (unpaired) electrons. The van der Waals surface area contributed by atoms with Crippen LogP contribution in [0, 0.1) is 20.8 Å². The largest absolute Gasteiger partial charge is 0.507 e. The van der Waals surface area contributed by atoms with Crippen molar-refractivity contribution in [2.75, 3.05) is 36.0 Å². The summed E-state index contributed by atoms with van der Waals surface area (Å²) in [7, 11) is 0. The lowest BCUT2D eigenvalue weighted by atomic mass is 9.99. The molecule has 0 spiro atoms. The van der Waals surface area contributed by atoms with E-state index in [2.05, 4.69) is 58.1 Å². The Morgan fingerprint density at radius 2 is 1.38 bits per heavy atom. The van der Waals surface area contributed by atoms with Gasteiger partial charge < -0.3 is 14.9 Å². The van der Waals surface area contributed by atoms with Crippen LogP contribution in [0.1, 0.15) is 16.7 Å². The van der Waals surface area contributed by atoms with Crippen molar-refractivity contribution in [2.24, 2.45) is 0 Å². The number of nitrogens with zero attached hydrogens (tertiary/aromatic N) is 4. The van der Waals surface area contributed by atoms with Crippen molar-refractivity contribution in [2.45, 2.75) is 20.8 Å². The van der Waals surface area contributed by atoms with E-state index in [4.69, 9.17) is 4.98 Å². The van der Waals surface area contributed by atoms with Crippen LogP contribution in [0.4, 0.5) is 11.5 Å². The fourth-order valence-electron chi connectivity index (χ4n) is 4.41. The standard InChI is InChI=1S/C27H28N4O/c1-18-4-7-23(8-5-18)30-10-12-31(13-11-30)26-17-28-24-9-6-21(16-25(24)29-26)22-14-19(2)27(32)20(3)15-22/h4-9,14-17,32H,10-13H2,1-3H3. The Labute approximate surface area is 189 Å². The lowest BCUT2D eigenvalue weighted by Gasteiger charge is -2.36. The number of hydrogen-bond donors (Lipinski definition) is 1. The maximum absolute atomic E-state index is 10.1. The molecule has 0 atom stereocenters. The van der Waals surface area contributed by atoms with E-state index < -0.39 is 0 Å². The van der Waals surface area contributed by atoms with Gasteiger partial charge in [-0.3, -0.25) is 4.98 Å². The van der Waals surface area contributed by atoms with Gasteiger partial charge in [-0.05, 0) is 79.4 Å². The Morgan fingerprint density at radius 3 is 2.06 bits per heavy atom. The monoisotopic (exact) mass is 424 g/mol. The molecule has 0 saturated carbocycles. The van der Waals surface area contributed by atoms with Crippen LogP contribution in [-0.4, -0.2) is 41.3 Å². The number of aryl methyl sites for hydroxylation is 3. The van der Waals surface area contributed by atoms with Crippen molar-refractivity contribution >= 4 is 22.5 Å². The minimum atomic E-state index is 0.362. The highest BCUT2D eigenvalue weighted by molar-refractivity contribution is 5.82. The zero-order valence-electron chi connectivity index (χ0n) is 18.8. The molecule has 1 aliphatic rings. The van der Waals surface area contributed by atoms with Crippen molar-refractivity contribution in [3.05, 3.63) is 77.5 Å². The summed E-state index contributed by atoms with van der Waals surface area (Å²) < 4.78 is 0. The zero-order valence-corrected chi connectivity index (χ0v) is 18.8. The number of aromatic hydroxyl groups is 1. The molecule has 0 unspecified atom stereocenters. The van der Waals surface area contributed by atoms with Crippen LogP contribution < -0.4 is 9.80 Å². The van der Waals surface area contributed by atoms with Crippen LogP contribution >= 0.6 is 0 Å². The molecule has 1 saturated heterocycles. The Bertz CT molecular complexity index is 1250. The molecule has 5 heteroatoms. The summed E-state index contributed by atoms with van der Waals surface area (Å²) in [4.78, 5) is 14.4. The molecule has 1 aromatic heterocycles. The average Bonchev–Trinajstić information content (AvgIpc) is 2.82. The number of piperazine rings is 1. The molecule has 1 aliphatic heterocycles. The summed E-state index contributed by atoms with van der Waals surface area (Å²) in [5, 5.41) is 10.1. The maximum atomic E-state index is 10.1. The summed E-state index contributed by atoms with van der Waals surface area (Å²) in [5.74, 6) is 1.29. The first-order valence-corrected chi connectivity index (χ1v) is 11.1. The summed E-state index contributed by atoms with van der Waals surface area (Å²) in [6.07, 6.45) is 1.89. The lowest BCUT2D eigenvalue weighted by Crippen LogP contribution is -2.46. The van der Waals surface area contributed by atoms with Gasteiger partial charge in [0.1, 0.15) is 11.6 Å². The third kappa shape index (κ3) is 3.86. The van der Waals surface area contributed by atoms with Crippen molar-refractivity contribution in [3.8, 4) is 16.9 Å². The van der Waals surface area contributed by atoms with Gasteiger partial charge in [0, 0.05) is 31.9 Å². The molecular weight excluding hydrogens is 396 g/mol. The van der Waals surface area contributed by atoms with E-state index >= 15 is 0 Å². The number of hydrogen-bond acceptors (Lipinski definition) is 5. The summed E-state index contributed by atoms with van der Waals surface area (Å²) in [6.45, 7) is 9.76. The quantitative estimate of drug-likeness (QED) is 0.487. The predicted molar refractivity (Wildman–Crippen MR) is 132 cm³/mol. The molecule has 5 rings (SSSR count). The number of phenols is 1. The van der Waals surface area contributed by atoms with E-state index in [1.54, 1.807) is 0 Å². The molecule has 0 bridgehead atoms. The molecular formula is C27H28N4O. The predicted octanol–water partition coefficient (Wildman–Crippen LogP) is 5.25. The normalized spacial score (nSPS) is 14.2. The van der Waals surface area contributed by atoms with Crippen LogP contribution in [0.2, 0.25) is 0 Å². The minimum Gasteiger partial charge on any atom is -0.507 e. The molecule has 162 valence electrons. The molecule has 32 heavy (non-hydrogen) atoms. The zero-order chi connectivity index (χ0) is 22.2. The van der Waals surface area contributed by atoms with Crippen LogP contribution in [0.25, 0.3) is 22.2 Å². The third-order valence-electron chi connectivity index (χ3n) is 6.36.